The van der Waals surface area contributed by atoms with E-state index in [-0.39, 0.29) is 30.8 Å². The number of aryl methyl sites for hydroxylation is 1. The fourth-order valence-corrected chi connectivity index (χ4v) is 3.19. The maximum atomic E-state index is 7.15. The second-order valence-corrected chi connectivity index (χ2v) is 6.45. The smallest absolute Gasteiger partial charge is 0.185 e. The molecule has 0 saturated carbocycles. The molecule has 0 fully saturated rings. The van der Waals surface area contributed by atoms with E-state index in [1.165, 1.54) is 0 Å². The molecule has 0 aliphatic carbocycles. The molecule has 3 rings (SSSR count). The minimum absolute atomic E-state index is 0. The number of unbranched alkanes of at least 4 members (excludes halogenated alkanes) is 1. The van der Waals surface area contributed by atoms with Crippen LogP contribution < -0.4 is 16.8 Å². The van der Waals surface area contributed by atoms with Gasteiger partial charge in [-0.3, -0.25) is 5.41 Å². The highest BCUT2D eigenvalue weighted by molar-refractivity contribution is 6.06. The molecule has 0 amide bonds. The van der Waals surface area contributed by atoms with Gasteiger partial charge in [0.2, 0.25) is 0 Å². The lowest BCUT2D eigenvalue weighted by Crippen LogP contribution is -2.33. The molecule has 0 spiro atoms. The summed E-state index contributed by atoms with van der Waals surface area (Å²) in [5.41, 5.74) is 14.1. The number of pyridine rings is 1. The zero-order valence-electron chi connectivity index (χ0n) is 16.5. The first-order valence-electron chi connectivity index (χ1n) is 9.30. The molecule has 2 heterocycles. The van der Waals surface area contributed by atoms with E-state index in [2.05, 4.69) is 27.9 Å². The third-order valence-corrected chi connectivity index (χ3v) is 4.46. The minimum atomic E-state index is -0.0458. The number of nitrogen functional groups attached to an aromatic ring is 1. The first kappa shape index (κ1) is 24.7. The predicted octanol–water partition coefficient (Wildman–Crippen LogP) is 2.85. The molecule has 29 heavy (non-hydrogen) atoms. The molecule has 2 aromatic heterocycles. The summed E-state index contributed by atoms with van der Waals surface area (Å²) in [6.45, 7) is 4.40. The van der Waals surface area contributed by atoms with Gasteiger partial charge in [-0.1, -0.05) is 31.5 Å². The third kappa shape index (κ3) is 5.85. The molecule has 0 aliphatic rings. The molecule has 3 aromatic rings. The summed E-state index contributed by atoms with van der Waals surface area (Å²) >= 11 is 0. The molecule has 1 aromatic carbocycles. The van der Waals surface area contributed by atoms with Crippen molar-refractivity contribution in [1.29, 1.82) is 5.41 Å². The van der Waals surface area contributed by atoms with Crippen LogP contribution >= 0.6 is 24.8 Å². The van der Waals surface area contributed by atoms with Gasteiger partial charge in [-0.25, -0.2) is 9.97 Å². The summed E-state index contributed by atoms with van der Waals surface area (Å²) in [5, 5.41) is 10.9. The summed E-state index contributed by atoms with van der Waals surface area (Å²) in [5.74, 6) is 1.43. The van der Waals surface area contributed by atoms with E-state index < -0.39 is 0 Å². The number of anilines is 1. The number of nitrogens with zero attached hydrogens (tertiary/aromatic N) is 3. The van der Waals surface area contributed by atoms with E-state index in [1.54, 1.807) is 0 Å². The summed E-state index contributed by atoms with van der Waals surface area (Å²) in [6.07, 6.45) is 3.06. The van der Waals surface area contributed by atoms with Crippen molar-refractivity contribution >= 4 is 58.5 Å². The number of para-hydroxylation sites is 1. The molecule has 8 nitrogen and oxygen atoms in total. The van der Waals surface area contributed by atoms with E-state index in [0.29, 0.717) is 32.1 Å². The van der Waals surface area contributed by atoms with Gasteiger partial charge in [0.25, 0.3) is 0 Å². The summed E-state index contributed by atoms with van der Waals surface area (Å²) in [7, 11) is 0. The van der Waals surface area contributed by atoms with Crippen molar-refractivity contribution in [2.24, 2.45) is 5.73 Å². The predicted molar refractivity (Wildman–Crippen MR) is 123 cm³/mol. The van der Waals surface area contributed by atoms with Gasteiger partial charge in [-0.15, -0.1) is 24.8 Å². The summed E-state index contributed by atoms with van der Waals surface area (Å²) < 4.78 is 7.91. The van der Waals surface area contributed by atoms with Crippen molar-refractivity contribution in [3.63, 3.8) is 0 Å². The Bertz CT molecular complexity index is 945. The van der Waals surface area contributed by atoms with Crippen LogP contribution in [0, 0.1) is 5.41 Å². The van der Waals surface area contributed by atoms with Crippen LogP contribution in [0.2, 0.25) is 0 Å². The fourth-order valence-electron chi connectivity index (χ4n) is 3.19. The van der Waals surface area contributed by atoms with Crippen molar-refractivity contribution in [2.45, 2.75) is 32.7 Å². The number of hydrogen-bond donors (Lipinski definition) is 4. The van der Waals surface area contributed by atoms with Crippen molar-refractivity contribution < 1.29 is 4.74 Å². The summed E-state index contributed by atoms with van der Waals surface area (Å²) in [6, 6.07) is 8.00. The Morgan fingerprint density at radius 3 is 2.69 bits per heavy atom. The standard InChI is InChI=1S/C19H27N7O.2ClH/c1-2-3-8-15-25-16-17(13-6-4-5-7-14(13)24-18(16)20)26(15)10-12-27-11-9-23-19(21)22;;/h4-7H,2-3,8-12H2,1H3,(H2,20,24)(H4,21,22,23);2*1H. The quantitative estimate of drug-likeness (QED) is 0.229. The number of nitrogens with two attached hydrogens (primary N) is 2. The van der Waals surface area contributed by atoms with E-state index >= 15 is 0 Å². The van der Waals surface area contributed by atoms with Gasteiger partial charge < -0.3 is 26.1 Å². The largest absolute Gasteiger partial charge is 0.382 e. The van der Waals surface area contributed by atoms with Gasteiger partial charge >= 0.3 is 0 Å². The van der Waals surface area contributed by atoms with Crippen LogP contribution in [0.3, 0.4) is 0 Å². The number of halogens is 2. The molecule has 0 atom stereocenters. The van der Waals surface area contributed by atoms with Gasteiger partial charge in [-0.2, -0.15) is 0 Å². The molecule has 0 bridgehead atoms. The molecule has 0 unspecified atom stereocenters. The Morgan fingerprint density at radius 1 is 1.21 bits per heavy atom. The Labute approximate surface area is 182 Å². The van der Waals surface area contributed by atoms with Crippen molar-refractivity contribution in [3.05, 3.63) is 30.1 Å². The molecule has 6 N–H and O–H groups in total. The minimum Gasteiger partial charge on any atom is -0.382 e. The number of ether oxygens (including phenoxy) is 1. The Hall–Kier alpha value is -2.29. The zero-order chi connectivity index (χ0) is 19.2. The van der Waals surface area contributed by atoms with Gasteiger partial charge in [0, 0.05) is 24.9 Å². The molecular weight excluding hydrogens is 413 g/mol. The average molecular weight is 442 g/mol. The maximum Gasteiger partial charge on any atom is 0.185 e. The molecule has 10 heteroatoms. The molecule has 160 valence electrons. The normalized spacial score (nSPS) is 10.5. The van der Waals surface area contributed by atoms with Crippen LogP contribution in [0.15, 0.2) is 24.3 Å². The van der Waals surface area contributed by atoms with Gasteiger partial charge in [0.1, 0.15) is 11.3 Å². The van der Waals surface area contributed by atoms with Crippen LogP contribution in [0.5, 0.6) is 0 Å². The van der Waals surface area contributed by atoms with E-state index in [1.807, 2.05) is 18.2 Å². The van der Waals surface area contributed by atoms with Gasteiger partial charge in [0.05, 0.1) is 24.2 Å². The van der Waals surface area contributed by atoms with Gasteiger partial charge in [0.15, 0.2) is 11.8 Å². The highest BCUT2D eigenvalue weighted by atomic mass is 35.5. The first-order chi connectivity index (χ1) is 13.1. The lowest BCUT2D eigenvalue weighted by molar-refractivity contribution is 0.131. The first-order valence-corrected chi connectivity index (χ1v) is 9.30. The summed E-state index contributed by atoms with van der Waals surface area (Å²) in [4.78, 5) is 9.31. The third-order valence-electron chi connectivity index (χ3n) is 4.46. The number of rotatable bonds is 9. The highest BCUT2D eigenvalue weighted by Crippen LogP contribution is 2.29. The van der Waals surface area contributed by atoms with Crippen molar-refractivity contribution in [3.8, 4) is 0 Å². The molecular formula is C19H29Cl2N7O. The monoisotopic (exact) mass is 441 g/mol. The van der Waals surface area contributed by atoms with Crippen LogP contribution in [0.1, 0.15) is 25.6 Å². The van der Waals surface area contributed by atoms with E-state index in [0.717, 1.165) is 47.0 Å². The van der Waals surface area contributed by atoms with Crippen molar-refractivity contribution in [2.75, 3.05) is 25.5 Å². The van der Waals surface area contributed by atoms with Crippen LogP contribution in [0.25, 0.3) is 21.9 Å². The highest BCUT2D eigenvalue weighted by Gasteiger charge is 2.16. The van der Waals surface area contributed by atoms with Crippen LogP contribution in [-0.2, 0) is 17.7 Å². The molecule has 0 aliphatic heterocycles. The second kappa shape index (κ2) is 11.6. The number of nitrogens with one attached hydrogen (secondary N) is 2. The Morgan fingerprint density at radius 2 is 1.97 bits per heavy atom. The van der Waals surface area contributed by atoms with Crippen molar-refractivity contribution in [1.82, 2.24) is 19.9 Å². The zero-order valence-corrected chi connectivity index (χ0v) is 18.1. The van der Waals surface area contributed by atoms with E-state index in [4.69, 9.17) is 26.6 Å². The number of hydrogen-bond acceptors (Lipinski definition) is 5. The lowest BCUT2D eigenvalue weighted by Gasteiger charge is -2.11. The molecule has 0 saturated heterocycles. The van der Waals surface area contributed by atoms with Gasteiger partial charge in [-0.05, 0) is 12.5 Å². The number of guanidine groups is 1. The van der Waals surface area contributed by atoms with Crippen LogP contribution in [-0.4, -0.2) is 40.3 Å². The second-order valence-electron chi connectivity index (χ2n) is 6.45. The number of imidazole rings is 1. The maximum absolute atomic E-state index is 7.15. The lowest BCUT2D eigenvalue weighted by atomic mass is 10.2. The number of fused-ring (bicyclic) bond motifs is 3. The number of benzene rings is 1. The fraction of sp³-hybridized carbons (Fsp3) is 0.421. The average Bonchev–Trinajstić information content (AvgIpc) is 3.02. The van der Waals surface area contributed by atoms with E-state index in [9.17, 15) is 0 Å². The van der Waals surface area contributed by atoms with Crippen LogP contribution in [0.4, 0.5) is 5.82 Å². The molecule has 0 radical (unpaired) electrons. The SMILES string of the molecule is CCCCc1nc2c(N)nc3ccccc3c2n1CCOCCNC(=N)N.Cl.Cl. The Kier molecular flexibility index (Phi) is 9.94. The Balaban J connectivity index is 0.00000210. The topological polar surface area (TPSA) is 128 Å². The number of aromatic nitrogens is 3.